The molecule has 1 heterocycles. The summed E-state index contributed by atoms with van der Waals surface area (Å²) < 4.78 is 27.4. The first-order chi connectivity index (χ1) is 16.5. The van der Waals surface area contributed by atoms with E-state index in [1.54, 1.807) is 0 Å². The lowest BCUT2D eigenvalue weighted by molar-refractivity contribution is 0.607. The van der Waals surface area contributed by atoms with Crippen LogP contribution in [0.2, 0.25) is 0 Å². The summed E-state index contributed by atoms with van der Waals surface area (Å²) in [5.41, 5.74) is 0. The van der Waals surface area contributed by atoms with E-state index in [0.29, 0.717) is 11.5 Å². The topological polar surface area (TPSA) is 55.5 Å². The van der Waals surface area contributed by atoms with E-state index in [-0.39, 0.29) is 0 Å². The minimum Gasteiger partial charge on any atom is -0.431 e. The van der Waals surface area contributed by atoms with Gasteiger partial charge in [0.15, 0.2) is 0 Å². The third-order valence-corrected chi connectivity index (χ3v) is 16.2. The van der Waals surface area contributed by atoms with Crippen LogP contribution in [0.5, 0.6) is 11.5 Å². The summed E-state index contributed by atoms with van der Waals surface area (Å²) in [6.07, 6.45) is 0. The second kappa shape index (κ2) is 9.78. The molecule has 5 rings (SSSR count). The second-order valence-electron chi connectivity index (χ2n) is 7.30. The number of hydrogen-bond acceptors (Lipinski definition) is 5. The maximum Gasteiger partial charge on any atom is 0.351 e. The van der Waals surface area contributed by atoms with Crippen molar-refractivity contribution < 1.29 is 9.05 Å². The van der Waals surface area contributed by atoms with Gasteiger partial charge >= 0.3 is 13.6 Å². The first-order valence-electron chi connectivity index (χ1n) is 10.4. The van der Waals surface area contributed by atoms with Gasteiger partial charge in [-0.1, -0.05) is 97.1 Å². The lowest BCUT2D eigenvalue weighted by Gasteiger charge is -2.31. The smallest absolute Gasteiger partial charge is 0.351 e. The number of nitrogens with zero attached hydrogens (tertiary/aromatic N) is 3. The molecule has 0 N–H and O–H groups in total. The van der Waals surface area contributed by atoms with E-state index in [1.807, 2.05) is 121 Å². The van der Waals surface area contributed by atoms with Gasteiger partial charge in [0.1, 0.15) is 18.7 Å². The fourth-order valence-corrected chi connectivity index (χ4v) is 17.2. The van der Waals surface area contributed by atoms with Crippen LogP contribution < -0.4 is 19.7 Å². The van der Waals surface area contributed by atoms with Gasteiger partial charge < -0.3 is 9.05 Å². The zero-order chi connectivity index (χ0) is 23.5. The van der Waals surface area contributed by atoms with Gasteiger partial charge in [0.25, 0.3) is 0 Å². The predicted molar refractivity (Wildman–Crippen MR) is 146 cm³/mol. The summed E-state index contributed by atoms with van der Waals surface area (Å²) in [6.45, 7) is -6.65. The van der Waals surface area contributed by atoms with Crippen LogP contribution in [0.4, 0.5) is 0 Å². The molecule has 4 aromatic carbocycles. The highest BCUT2D eigenvalue weighted by Crippen LogP contribution is 2.81. The van der Waals surface area contributed by atoms with Crippen molar-refractivity contribution in [2.75, 3.05) is 0 Å². The molecule has 0 aliphatic carbocycles. The van der Waals surface area contributed by atoms with Crippen LogP contribution in [-0.4, -0.2) is 0 Å². The van der Waals surface area contributed by atoms with Gasteiger partial charge in [-0.2, -0.15) is 9.03 Å². The molecule has 4 aromatic rings. The zero-order valence-electron chi connectivity index (χ0n) is 17.8. The van der Waals surface area contributed by atoms with E-state index < -0.39 is 20.8 Å². The highest BCUT2D eigenvalue weighted by Gasteiger charge is 2.40. The van der Waals surface area contributed by atoms with Gasteiger partial charge in [0.05, 0.1) is 0 Å². The highest BCUT2D eigenvalue weighted by atomic mass is 35.7. The monoisotopic (exact) mass is 545 g/mol. The van der Waals surface area contributed by atoms with Crippen molar-refractivity contribution in [1.82, 2.24) is 0 Å². The molecule has 0 radical (unpaired) electrons. The summed E-state index contributed by atoms with van der Waals surface area (Å²) in [5, 5.41) is 1.80. The number of benzene rings is 4. The number of rotatable bonds is 6. The average molecular weight is 546 g/mol. The number of halogens is 2. The van der Waals surface area contributed by atoms with Crippen LogP contribution >= 0.6 is 43.3 Å². The third kappa shape index (κ3) is 5.05. The van der Waals surface area contributed by atoms with E-state index in [2.05, 4.69) is 4.52 Å². The molecule has 34 heavy (non-hydrogen) atoms. The Morgan fingerprint density at radius 1 is 0.441 bits per heavy atom. The molecule has 1 aliphatic heterocycles. The summed E-state index contributed by atoms with van der Waals surface area (Å²) >= 11 is 14.3. The lowest BCUT2D eigenvalue weighted by Crippen LogP contribution is -2.15. The Bertz CT molecular complexity index is 1360. The summed E-state index contributed by atoms with van der Waals surface area (Å²) in [5.74, 6) is 1.12. The molecule has 5 nitrogen and oxygen atoms in total. The van der Waals surface area contributed by atoms with E-state index in [1.165, 1.54) is 0 Å². The van der Waals surface area contributed by atoms with Crippen molar-refractivity contribution in [3.8, 4) is 11.5 Å². The fourth-order valence-electron chi connectivity index (χ4n) is 3.44. The Kier molecular flexibility index (Phi) is 6.76. The molecule has 0 amide bonds. The Morgan fingerprint density at radius 2 is 0.794 bits per heavy atom. The predicted octanol–water partition coefficient (Wildman–Crippen LogP) is 9.30. The van der Waals surface area contributed by atoms with Crippen molar-refractivity contribution in [3.63, 3.8) is 0 Å². The molecule has 0 fully saturated rings. The lowest BCUT2D eigenvalue weighted by atomic mass is 10.3. The van der Waals surface area contributed by atoms with Crippen LogP contribution in [0.1, 0.15) is 0 Å². The van der Waals surface area contributed by atoms with Crippen molar-refractivity contribution >= 4 is 53.9 Å². The van der Waals surface area contributed by atoms with Gasteiger partial charge in [-0.25, -0.2) is 0 Å². The fraction of sp³-hybridized carbons (Fsp3) is 0. The van der Waals surface area contributed by atoms with Gasteiger partial charge in [0, 0.05) is 10.6 Å². The molecule has 172 valence electrons. The molecule has 0 unspecified atom stereocenters. The average Bonchev–Trinajstić information content (AvgIpc) is 2.85. The molecule has 0 spiro atoms. The molecule has 0 aromatic heterocycles. The van der Waals surface area contributed by atoms with Gasteiger partial charge in [0.2, 0.25) is 0 Å². The summed E-state index contributed by atoms with van der Waals surface area (Å²) in [7, 11) is -2.87. The number of hydrogen-bond donors (Lipinski definition) is 0. The van der Waals surface area contributed by atoms with Crippen LogP contribution in [0.3, 0.4) is 0 Å². The van der Waals surface area contributed by atoms with Crippen LogP contribution in [-0.2, 0) is 0 Å². The van der Waals surface area contributed by atoms with Crippen LogP contribution in [0.25, 0.3) is 0 Å². The molecule has 0 saturated carbocycles. The zero-order valence-corrected chi connectivity index (χ0v) is 22.0. The van der Waals surface area contributed by atoms with Crippen molar-refractivity contribution in [3.05, 3.63) is 121 Å². The Morgan fingerprint density at radius 3 is 1.21 bits per heavy atom. The van der Waals surface area contributed by atoms with Crippen molar-refractivity contribution in [2.24, 2.45) is 13.5 Å². The van der Waals surface area contributed by atoms with Crippen LogP contribution in [0, 0.1) is 0 Å². The number of para-hydroxylation sites is 2. The van der Waals surface area contributed by atoms with E-state index in [0.717, 1.165) is 10.6 Å². The SMILES string of the molecule is Cl[P@@]1(Oc2ccccc2)=N[P@](Cl)(Oc2ccccc2)=NP(c2ccccc2)(c2ccccc2)=N1. The maximum absolute atomic E-state index is 7.13. The van der Waals surface area contributed by atoms with E-state index >= 15 is 0 Å². The first-order valence-corrected chi connectivity index (χ1v) is 17.1. The molecular weight excluding hydrogens is 526 g/mol. The minimum absolute atomic E-state index is 0.558. The maximum atomic E-state index is 7.13. The minimum atomic E-state index is -3.33. The van der Waals surface area contributed by atoms with Crippen LogP contribution in [0.15, 0.2) is 135 Å². The first kappa shape index (κ1) is 23.5. The summed E-state index contributed by atoms with van der Waals surface area (Å²) in [4.78, 5) is 0. The quantitative estimate of drug-likeness (QED) is 0.226. The summed E-state index contributed by atoms with van der Waals surface area (Å²) in [6, 6.07) is 38.2. The molecule has 2 atom stereocenters. The largest absolute Gasteiger partial charge is 0.431 e. The molecular formula is C24H20Cl2N3O2P3. The normalized spacial score (nSPS) is 23.0. The molecule has 0 saturated heterocycles. The van der Waals surface area contributed by atoms with E-state index in [4.69, 9.17) is 40.6 Å². The standard InChI is InChI=1S/C24H20Cl2N3O2P3/c25-33(30-21-13-5-1-6-14-21)27-32(23-17-9-3-10-18-23,24-19-11-4-12-20-24)28-34(26,29-33)31-22-15-7-2-8-16-22/h1-20H/t33-,34+. The van der Waals surface area contributed by atoms with Gasteiger partial charge in [-0.3, -0.25) is 0 Å². The molecule has 0 bridgehead atoms. The second-order valence-corrected chi connectivity index (χ2v) is 16.6. The Hall–Kier alpha value is -2.25. The third-order valence-electron chi connectivity index (χ3n) is 4.86. The van der Waals surface area contributed by atoms with Gasteiger partial charge in [-0.15, -0.1) is 4.52 Å². The van der Waals surface area contributed by atoms with Crippen molar-refractivity contribution in [1.29, 1.82) is 0 Å². The van der Waals surface area contributed by atoms with Crippen molar-refractivity contribution in [2.45, 2.75) is 0 Å². The molecule has 1 aliphatic rings. The van der Waals surface area contributed by atoms with Gasteiger partial charge in [-0.05, 0) is 46.7 Å². The highest BCUT2D eigenvalue weighted by molar-refractivity contribution is 8.04. The Labute approximate surface area is 208 Å². The molecule has 10 heteroatoms. The van der Waals surface area contributed by atoms with E-state index in [9.17, 15) is 0 Å². The Balaban J connectivity index is 1.80.